The van der Waals surface area contributed by atoms with Gasteiger partial charge in [-0.25, -0.2) is 0 Å². The van der Waals surface area contributed by atoms with E-state index in [0.29, 0.717) is 22.4 Å². The van der Waals surface area contributed by atoms with E-state index in [4.69, 9.17) is 10.3 Å². The zero-order valence-electron chi connectivity index (χ0n) is 11.0. The molecule has 0 N–H and O–H groups in total. The van der Waals surface area contributed by atoms with Crippen molar-refractivity contribution in [1.82, 2.24) is 0 Å². The maximum Gasteiger partial charge on any atom is 0.114 e. The zero-order valence-corrected chi connectivity index (χ0v) is 12.6. The van der Waals surface area contributed by atoms with Crippen molar-refractivity contribution < 1.29 is 0 Å². The number of aliphatic imine (C=N–C) groups is 1. The molecule has 1 aromatic carbocycles. The molecule has 4 atom stereocenters. The van der Waals surface area contributed by atoms with Crippen molar-refractivity contribution in [3.8, 4) is 6.07 Å². The molecule has 2 aliphatic carbocycles. The van der Waals surface area contributed by atoms with Crippen molar-refractivity contribution in [2.24, 2.45) is 16.8 Å². The van der Waals surface area contributed by atoms with E-state index in [-0.39, 0.29) is 5.54 Å². The number of nitriles is 1. The SMILES string of the molecule is CC(C#N)=NC1(c2ccccc2)[C@@H]2CCC[C@H]1C2Br. The van der Waals surface area contributed by atoms with Gasteiger partial charge in [0.05, 0.1) is 5.54 Å². The van der Waals surface area contributed by atoms with Gasteiger partial charge >= 0.3 is 0 Å². The fourth-order valence-corrected chi connectivity index (χ4v) is 5.24. The van der Waals surface area contributed by atoms with E-state index in [1.54, 1.807) is 0 Å². The van der Waals surface area contributed by atoms with Crippen LogP contribution >= 0.6 is 15.9 Å². The first-order valence-electron chi connectivity index (χ1n) is 6.86. The first-order valence-corrected chi connectivity index (χ1v) is 7.78. The van der Waals surface area contributed by atoms with Crippen LogP contribution in [-0.2, 0) is 5.54 Å². The fraction of sp³-hybridized carbons (Fsp3) is 0.500. The van der Waals surface area contributed by atoms with Crippen LogP contribution in [0, 0.1) is 23.2 Å². The second-order valence-electron chi connectivity index (χ2n) is 5.59. The highest BCUT2D eigenvalue weighted by molar-refractivity contribution is 9.09. The van der Waals surface area contributed by atoms with Crippen molar-refractivity contribution >= 4 is 21.6 Å². The van der Waals surface area contributed by atoms with Gasteiger partial charge in [-0.3, -0.25) is 4.99 Å². The lowest BCUT2D eigenvalue weighted by Crippen LogP contribution is -2.62. The van der Waals surface area contributed by atoms with Crippen molar-refractivity contribution in [3.63, 3.8) is 0 Å². The molecule has 19 heavy (non-hydrogen) atoms. The molecule has 2 aliphatic rings. The summed E-state index contributed by atoms with van der Waals surface area (Å²) in [7, 11) is 0. The van der Waals surface area contributed by atoms with E-state index in [0.717, 1.165) is 0 Å². The standard InChI is InChI=1S/C16H17BrN2/c1-11(10-18)19-16(12-6-3-2-4-7-12)13-8-5-9-14(16)15(13)17/h2-4,6-7,13-15H,5,8-9H2,1H3/t13-,14+,15?,16?. The minimum atomic E-state index is -0.159. The molecule has 3 rings (SSSR count). The summed E-state index contributed by atoms with van der Waals surface area (Å²) in [6.45, 7) is 1.82. The highest BCUT2D eigenvalue weighted by atomic mass is 79.9. The predicted molar refractivity (Wildman–Crippen MR) is 80.4 cm³/mol. The molecule has 98 valence electrons. The molecular weight excluding hydrogens is 300 g/mol. The van der Waals surface area contributed by atoms with Crippen LogP contribution in [0.5, 0.6) is 0 Å². The van der Waals surface area contributed by atoms with E-state index in [1.165, 1.54) is 24.8 Å². The number of nitrogens with zero attached hydrogens (tertiary/aromatic N) is 2. The van der Waals surface area contributed by atoms with Gasteiger partial charge in [0.2, 0.25) is 0 Å². The summed E-state index contributed by atoms with van der Waals surface area (Å²) in [4.78, 5) is 5.42. The molecule has 3 heteroatoms. The molecule has 2 unspecified atom stereocenters. The molecule has 2 saturated carbocycles. The molecule has 0 saturated heterocycles. The Morgan fingerprint density at radius 1 is 1.32 bits per heavy atom. The second-order valence-corrected chi connectivity index (χ2v) is 6.65. The third-order valence-corrected chi connectivity index (χ3v) is 5.96. The van der Waals surface area contributed by atoms with Crippen LogP contribution < -0.4 is 0 Å². The van der Waals surface area contributed by atoms with Crippen LogP contribution in [0.4, 0.5) is 0 Å². The quantitative estimate of drug-likeness (QED) is 0.598. The van der Waals surface area contributed by atoms with Crippen molar-refractivity contribution in [2.75, 3.05) is 0 Å². The van der Waals surface area contributed by atoms with Crippen LogP contribution in [0.15, 0.2) is 35.3 Å². The van der Waals surface area contributed by atoms with Gasteiger partial charge in [-0.15, -0.1) is 0 Å². The van der Waals surface area contributed by atoms with Crippen LogP contribution in [-0.4, -0.2) is 10.5 Å². The number of hydrogen-bond donors (Lipinski definition) is 0. The molecular formula is C16H17BrN2. The zero-order chi connectivity index (χ0) is 13.5. The summed E-state index contributed by atoms with van der Waals surface area (Å²) >= 11 is 3.84. The number of benzene rings is 1. The van der Waals surface area contributed by atoms with Crippen LogP contribution in [0.1, 0.15) is 31.7 Å². The number of halogens is 1. The average molecular weight is 317 g/mol. The molecule has 2 fully saturated rings. The van der Waals surface area contributed by atoms with Gasteiger partial charge in [0.25, 0.3) is 0 Å². The lowest BCUT2D eigenvalue weighted by molar-refractivity contribution is -0.00510. The van der Waals surface area contributed by atoms with Gasteiger partial charge in [-0.1, -0.05) is 52.7 Å². The molecule has 0 spiro atoms. The first kappa shape index (κ1) is 12.9. The molecule has 0 amide bonds. The van der Waals surface area contributed by atoms with Crippen molar-refractivity contribution in [3.05, 3.63) is 35.9 Å². The number of fused-ring (bicyclic) bond motifs is 2. The molecule has 0 aromatic heterocycles. The topological polar surface area (TPSA) is 36.1 Å². The molecule has 0 aliphatic heterocycles. The normalized spacial score (nSPS) is 37.3. The third kappa shape index (κ3) is 1.77. The van der Waals surface area contributed by atoms with Crippen LogP contribution in [0.2, 0.25) is 0 Å². The number of rotatable bonds is 2. The van der Waals surface area contributed by atoms with Crippen molar-refractivity contribution in [2.45, 2.75) is 36.6 Å². The minimum absolute atomic E-state index is 0.159. The summed E-state index contributed by atoms with van der Waals surface area (Å²) in [5, 5.41) is 9.10. The fourth-order valence-electron chi connectivity index (χ4n) is 3.90. The summed E-state index contributed by atoms with van der Waals surface area (Å²) in [6.07, 6.45) is 3.68. The van der Waals surface area contributed by atoms with Gasteiger partial charge in [0.15, 0.2) is 0 Å². The minimum Gasteiger partial charge on any atom is -0.267 e. The van der Waals surface area contributed by atoms with E-state index < -0.39 is 0 Å². The van der Waals surface area contributed by atoms with Crippen LogP contribution in [0.3, 0.4) is 0 Å². The number of hydrogen-bond acceptors (Lipinski definition) is 2. The van der Waals surface area contributed by atoms with Gasteiger partial charge in [-0.05, 0) is 25.3 Å². The Hall–Kier alpha value is -1.14. The molecule has 0 heterocycles. The Balaban J connectivity index is 2.11. The summed E-state index contributed by atoms with van der Waals surface area (Å²) in [5.74, 6) is 1.05. The van der Waals surface area contributed by atoms with Gasteiger partial charge in [0.1, 0.15) is 11.8 Å². The predicted octanol–water partition coefficient (Wildman–Crippen LogP) is 4.06. The second kappa shape index (κ2) is 4.76. The molecule has 1 aromatic rings. The lowest BCUT2D eigenvalue weighted by Gasteiger charge is -2.61. The van der Waals surface area contributed by atoms with Gasteiger partial charge < -0.3 is 0 Å². The molecule has 0 radical (unpaired) electrons. The Bertz CT molecular complexity index is 532. The van der Waals surface area contributed by atoms with E-state index in [9.17, 15) is 0 Å². The smallest absolute Gasteiger partial charge is 0.114 e. The van der Waals surface area contributed by atoms with Crippen LogP contribution in [0.25, 0.3) is 0 Å². The summed E-state index contributed by atoms with van der Waals surface area (Å²) in [5.41, 5.74) is 1.71. The third-order valence-electron chi connectivity index (χ3n) is 4.68. The summed E-state index contributed by atoms with van der Waals surface area (Å²) in [6, 6.07) is 12.7. The maximum atomic E-state index is 9.10. The highest BCUT2D eigenvalue weighted by Crippen LogP contribution is 2.64. The Kier molecular flexibility index (Phi) is 3.22. The number of alkyl halides is 1. The van der Waals surface area contributed by atoms with E-state index >= 15 is 0 Å². The first-order chi connectivity index (χ1) is 9.20. The van der Waals surface area contributed by atoms with Gasteiger partial charge in [-0.2, -0.15) is 5.26 Å². The highest BCUT2D eigenvalue weighted by Gasteiger charge is 2.63. The Labute approximate surface area is 122 Å². The Morgan fingerprint density at radius 2 is 1.95 bits per heavy atom. The van der Waals surface area contributed by atoms with E-state index in [2.05, 4.69) is 46.3 Å². The monoisotopic (exact) mass is 316 g/mol. The van der Waals surface area contributed by atoms with Crippen molar-refractivity contribution in [1.29, 1.82) is 5.26 Å². The lowest BCUT2D eigenvalue weighted by atomic mass is 9.49. The average Bonchev–Trinajstić information content (AvgIpc) is 2.48. The molecule has 2 bridgehead atoms. The van der Waals surface area contributed by atoms with E-state index in [1.807, 2.05) is 13.0 Å². The molecule has 2 nitrogen and oxygen atoms in total. The Morgan fingerprint density at radius 3 is 2.47 bits per heavy atom. The maximum absolute atomic E-state index is 9.10. The summed E-state index contributed by atoms with van der Waals surface area (Å²) < 4.78 is 0. The van der Waals surface area contributed by atoms with Gasteiger partial charge in [0, 0.05) is 16.7 Å². The largest absolute Gasteiger partial charge is 0.267 e.